The highest BCUT2D eigenvalue weighted by Crippen LogP contribution is 2.29. The summed E-state index contributed by atoms with van der Waals surface area (Å²) in [5, 5.41) is 18.4. The maximum atomic E-state index is 12.9. The second-order valence-electron chi connectivity index (χ2n) is 3.75. The number of carbonyl (C=O) groups is 2. The molecule has 104 valence electrons. The number of benzene rings is 1. The molecule has 19 heavy (non-hydrogen) atoms. The number of alkyl halides is 3. The number of hydrogen-bond donors (Lipinski definition) is 2. The molecule has 0 aliphatic heterocycles. The summed E-state index contributed by atoms with van der Waals surface area (Å²) in [5.41, 5.74) is -0.982. The van der Waals surface area contributed by atoms with Gasteiger partial charge in [-0.25, -0.2) is 13.6 Å². The highest BCUT2D eigenvalue weighted by Gasteiger charge is 2.24. The highest BCUT2D eigenvalue weighted by molar-refractivity contribution is 9.09. The Hall–Kier alpha value is -1.34. The lowest BCUT2D eigenvalue weighted by Gasteiger charge is -2.13. The number of halogens is 3. The maximum absolute atomic E-state index is 12.9. The largest absolute Gasteiger partial charge is 0.479 e. The molecule has 1 unspecified atom stereocenters. The van der Waals surface area contributed by atoms with Gasteiger partial charge >= 0.3 is 5.97 Å². The Labute approximate surface area is 116 Å². The third kappa shape index (κ3) is 3.81. The number of carboxylic acids is 1. The van der Waals surface area contributed by atoms with Crippen LogP contribution in [-0.2, 0) is 4.79 Å². The van der Waals surface area contributed by atoms with Gasteiger partial charge in [-0.05, 0) is 6.07 Å². The number of aliphatic carboxylic acids is 1. The molecule has 0 heterocycles. The Bertz CT molecular complexity index is 491. The van der Waals surface area contributed by atoms with Gasteiger partial charge in [0, 0.05) is 28.4 Å². The van der Waals surface area contributed by atoms with E-state index < -0.39 is 29.6 Å². The average Bonchev–Trinajstić information content (AvgIpc) is 2.37. The first-order valence-electron chi connectivity index (χ1n) is 5.30. The molecule has 4 nitrogen and oxygen atoms in total. The van der Waals surface area contributed by atoms with Crippen molar-refractivity contribution < 1.29 is 28.6 Å². The minimum atomic E-state index is -2.97. The van der Waals surface area contributed by atoms with Gasteiger partial charge in [0.2, 0.25) is 0 Å². The molecule has 1 atom stereocenters. The standard InChI is InChI=1S/C12H11BrF2O4/c13-4-3-9(16)6-1-2-7(10(17)12(18)19)8(5-6)11(14)15/h1-2,5,10-11,17H,3-4H2,(H,18,19). The molecule has 1 aromatic carbocycles. The van der Waals surface area contributed by atoms with Crippen LogP contribution in [0.5, 0.6) is 0 Å². The van der Waals surface area contributed by atoms with Crippen LogP contribution >= 0.6 is 15.9 Å². The molecule has 1 aromatic rings. The second-order valence-corrected chi connectivity index (χ2v) is 4.54. The molecule has 1 rings (SSSR count). The molecule has 2 N–H and O–H groups in total. The summed E-state index contributed by atoms with van der Waals surface area (Å²) in [4.78, 5) is 22.2. The van der Waals surface area contributed by atoms with Crippen LogP contribution in [0, 0.1) is 0 Å². The predicted molar refractivity (Wildman–Crippen MR) is 66.7 cm³/mol. The molecule has 0 fully saturated rings. The van der Waals surface area contributed by atoms with E-state index in [2.05, 4.69) is 15.9 Å². The van der Waals surface area contributed by atoms with E-state index in [0.29, 0.717) is 5.33 Å². The van der Waals surface area contributed by atoms with Crippen LogP contribution < -0.4 is 0 Å². The van der Waals surface area contributed by atoms with Crippen molar-refractivity contribution in [2.75, 3.05) is 5.33 Å². The Balaban J connectivity index is 3.22. The Morgan fingerprint density at radius 3 is 2.37 bits per heavy atom. The van der Waals surface area contributed by atoms with Crippen molar-refractivity contribution in [1.82, 2.24) is 0 Å². The predicted octanol–water partition coefficient (Wildman–Crippen LogP) is 2.71. The molecule has 0 saturated carbocycles. The zero-order chi connectivity index (χ0) is 14.6. The number of carbonyl (C=O) groups excluding carboxylic acids is 1. The second kappa shape index (κ2) is 6.72. The summed E-state index contributed by atoms with van der Waals surface area (Å²) in [6, 6.07) is 3.21. The summed E-state index contributed by atoms with van der Waals surface area (Å²) in [6.07, 6.45) is -4.87. The van der Waals surface area contributed by atoms with E-state index in [1.54, 1.807) is 0 Å². The smallest absolute Gasteiger partial charge is 0.337 e. The van der Waals surface area contributed by atoms with Crippen molar-refractivity contribution in [3.05, 3.63) is 34.9 Å². The summed E-state index contributed by atoms with van der Waals surface area (Å²) in [5.74, 6) is -1.96. The van der Waals surface area contributed by atoms with Crippen molar-refractivity contribution in [2.24, 2.45) is 0 Å². The topological polar surface area (TPSA) is 74.6 Å². The molecule has 0 bridgehead atoms. The van der Waals surface area contributed by atoms with E-state index in [1.807, 2.05) is 0 Å². The van der Waals surface area contributed by atoms with E-state index in [9.17, 15) is 23.5 Å². The van der Waals surface area contributed by atoms with Gasteiger partial charge in [0.25, 0.3) is 6.43 Å². The number of aliphatic hydroxyl groups excluding tert-OH is 1. The highest BCUT2D eigenvalue weighted by atomic mass is 79.9. The number of Topliss-reactive ketones (excluding diaryl/α,β-unsaturated/α-hetero) is 1. The van der Waals surface area contributed by atoms with Crippen molar-refractivity contribution in [3.8, 4) is 0 Å². The van der Waals surface area contributed by atoms with Gasteiger partial charge in [-0.3, -0.25) is 4.79 Å². The molecule has 0 amide bonds. The zero-order valence-corrected chi connectivity index (χ0v) is 11.2. The van der Waals surface area contributed by atoms with Crippen LogP contribution in [0.2, 0.25) is 0 Å². The van der Waals surface area contributed by atoms with E-state index in [-0.39, 0.29) is 17.8 Å². The van der Waals surface area contributed by atoms with Gasteiger partial charge in [0.15, 0.2) is 11.9 Å². The van der Waals surface area contributed by atoms with Gasteiger partial charge in [0.05, 0.1) is 0 Å². The minimum Gasteiger partial charge on any atom is -0.479 e. The van der Waals surface area contributed by atoms with Crippen LogP contribution in [0.3, 0.4) is 0 Å². The first-order chi connectivity index (χ1) is 8.88. The fraction of sp³-hybridized carbons (Fsp3) is 0.333. The van der Waals surface area contributed by atoms with Crippen molar-refractivity contribution in [2.45, 2.75) is 19.0 Å². The third-order valence-electron chi connectivity index (χ3n) is 2.49. The number of hydrogen-bond acceptors (Lipinski definition) is 3. The van der Waals surface area contributed by atoms with E-state index in [4.69, 9.17) is 5.11 Å². The van der Waals surface area contributed by atoms with Crippen LogP contribution in [-0.4, -0.2) is 27.3 Å². The summed E-state index contributed by atoms with van der Waals surface area (Å²) in [6.45, 7) is 0. The summed E-state index contributed by atoms with van der Waals surface area (Å²) >= 11 is 3.06. The van der Waals surface area contributed by atoms with E-state index in [1.165, 1.54) is 6.07 Å². The Morgan fingerprint density at radius 1 is 1.26 bits per heavy atom. The van der Waals surface area contributed by atoms with Crippen LogP contribution in [0.4, 0.5) is 8.78 Å². The molecule has 0 aromatic heterocycles. The quantitative estimate of drug-likeness (QED) is 0.618. The Morgan fingerprint density at radius 2 is 1.89 bits per heavy atom. The number of ketones is 1. The molecule has 0 aliphatic rings. The minimum absolute atomic E-state index is 0.0658. The molecule has 0 aliphatic carbocycles. The molecular formula is C12H11BrF2O4. The average molecular weight is 337 g/mol. The van der Waals surface area contributed by atoms with E-state index in [0.717, 1.165) is 12.1 Å². The molecule has 7 heteroatoms. The van der Waals surface area contributed by atoms with Crippen LogP contribution in [0.15, 0.2) is 18.2 Å². The number of aliphatic hydroxyl groups is 1. The first-order valence-corrected chi connectivity index (χ1v) is 6.42. The summed E-state index contributed by atoms with van der Waals surface area (Å²) < 4.78 is 25.7. The Kier molecular flexibility index (Phi) is 5.56. The van der Waals surface area contributed by atoms with Gasteiger partial charge in [-0.1, -0.05) is 28.1 Å². The molecular weight excluding hydrogens is 326 g/mol. The van der Waals surface area contributed by atoms with Crippen molar-refractivity contribution in [1.29, 1.82) is 0 Å². The number of rotatable bonds is 6. The fourth-order valence-electron chi connectivity index (χ4n) is 1.55. The van der Waals surface area contributed by atoms with Gasteiger partial charge in [0.1, 0.15) is 0 Å². The zero-order valence-electron chi connectivity index (χ0n) is 9.65. The van der Waals surface area contributed by atoms with Crippen molar-refractivity contribution in [3.63, 3.8) is 0 Å². The number of carboxylic acid groups (broad SMARTS) is 1. The fourth-order valence-corrected chi connectivity index (χ4v) is 1.91. The van der Waals surface area contributed by atoms with E-state index >= 15 is 0 Å². The van der Waals surface area contributed by atoms with Crippen LogP contribution in [0.1, 0.15) is 40.4 Å². The van der Waals surface area contributed by atoms with Gasteiger partial charge in [-0.15, -0.1) is 0 Å². The first kappa shape index (κ1) is 15.7. The van der Waals surface area contributed by atoms with Crippen LogP contribution in [0.25, 0.3) is 0 Å². The monoisotopic (exact) mass is 336 g/mol. The lowest BCUT2D eigenvalue weighted by molar-refractivity contribution is -0.147. The third-order valence-corrected chi connectivity index (χ3v) is 2.89. The lowest BCUT2D eigenvalue weighted by Crippen LogP contribution is -2.14. The maximum Gasteiger partial charge on any atom is 0.337 e. The summed E-state index contributed by atoms with van der Waals surface area (Å²) in [7, 11) is 0. The molecule has 0 spiro atoms. The SMILES string of the molecule is O=C(CCBr)c1ccc(C(O)C(=O)O)c(C(F)F)c1. The van der Waals surface area contributed by atoms with Gasteiger partial charge in [-0.2, -0.15) is 0 Å². The van der Waals surface area contributed by atoms with Crippen molar-refractivity contribution >= 4 is 27.7 Å². The molecule has 0 saturated heterocycles. The van der Waals surface area contributed by atoms with Gasteiger partial charge < -0.3 is 10.2 Å². The molecule has 0 radical (unpaired) electrons. The lowest BCUT2D eigenvalue weighted by atomic mass is 9.97. The normalized spacial score (nSPS) is 12.5.